The molecule has 10 heteroatoms. The molecular weight excluding hydrogens is 468 g/mol. The van der Waals surface area contributed by atoms with Crippen molar-refractivity contribution in [1.82, 2.24) is 4.90 Å². The molecule has 194 valence electrons. The van der Waals surface area contributed by atoms with Crippen LogP contribution in [-0.4, -0.2) is 69.1 Å². The van der Waals surface area contributed by atoms with Gasteiger partial charge in [-0.25, -0.2) is 0 Å². The Balaban J connectivity index is 1.83. The molecule has 6 N–H and O–H groups in total. The van der Waals surface area contributed by atoms with E-state index in [0.29, 0.717) is 17.9 Å². The molecule has 36 heavy (non-hydrogen) atoms. The first-order chi connectivity index (χ1) is 17.0. The number of phenolic OH excluding ortho intramolecular Hbond substituents is 1. The number of nitrogens with zero attached hydrogens (tertiary/aromatic N) is 1. The Labute approximate surface area is 208 Å². The van der Waals surface area contributed by atoms with E-state index in [4.69, 9.17) is 10.5 Å². The Bertz CT molecular complexity index is 1220. The fraction of sp³-hybridized carbons (Fsp3) is 0.500. The van der Waals surface area contributed by atoms with Crippen molar-refractivity contribution in [3.8, 4) is 11.5 Å². The van der Waals surface area contributed by atoms with Gasteiger partial charge in [0, 0.05) is 35.6 Å². The lowest BCUT2D eigenvalue weighted by atomic mass is 9.59. The molecule has 0 radical (unpaired) electrons. The standard InChI is InChI=1S/C26H32N2O8/c1-4-5-6-28(2)11-13-9-16(29)19-15(22(13)36-3)8-12-7-14-10-17(30)20(25(27)34)24(33)26(14,35)23(32)18(12)21(19)31/h9,12,14,29,31,33,35H,4-8,10-11H2,1-3H3,(H2,27,34)/t12?,14-,26-/m0/s1. The lowest BCUT2D eigenvalue weighted by Crippen LogP contribution is -2.58. The van der Waals surface area contributed by atoms with E-state index in [1.165, 1.54) is 13.2 Å². The lowest BCUT2D eigenvalue weighted by molar-refractivity contribution is -0.147. The smallest absolute Gasteiger partial charge is 0.255 e. The number of ketones is 2. The normalized spacial score (nSPS) is 25.6. The predicted molar refractivity (Wildman–Crippen MR) is 129 cm³/mol. The Hall–Kier alpha value is -3.37. The quantitative estimate of drug-likeness (QED) is 0.349. The molecule has 1 saturated carbocycles. The number of primary amides is 1. The summed E-state index contributed by atoms with van der Waals surface area (Å²) >= 11 is 0. The molecule has 0 aliphatic heterocycles. The molecule has 1 unspecified atom stereocenters. The first-order valence-corrected chi connectivity index (χ1v) is 12.0. The van der Waals surface area contributed by atoms with Crippen LogP contribution in [0.3, 0.4) is 0 Å². The molecule has 1 amide bonds. The molecule has 0 spiro atoms. The van der Waals surface area contributed by atoms with Crippen LogP contribution >= 0.6 is 0 Å². The number of aliphatic hydroxyl groups is 3. The third kappa shape index (κ3) is 3.75. The van der Waals surface area contributed by atoms with Gasteiger partial charge in [0.25, 0.3) is 5.91 Å². The number of phenols is 1. The van der Waals surface area contributed by atoms with E-state index in [1.807, 2.05) is 7.05 Å². The van der Waals surface area contributed by atoms with Gasteiger partial charge in [-0.1, -0.05) is 13.3 Å². The molecule has 1 fully saturated rings. The minimum atomic E-state index is -2.57. The number of rotatable bonds is 7. The van der Waals surface area contributed by atoms with E-state index in [9.17, 15) is 34.8 Å². The van der Waals surface area contributed by atoms with Crippen LogP contribution in [0.4, 0.5) is 0 Å². The van der Waals surface area contributed by atoms with E-state index in [-0.39, 0.29) is 36.1 Å². The number of methoxy groups -OCH3 is 1. The summed E-state index contributed by atoms with van der Waals surface area (Å²) in [6.07, 6.45) is 1.97. The number of unbranched alkanes of at least 4 members (excludes halogenated alkanes) is 1. The zero-order valence-corrected chi connectivity index (χ0v) is 20.6. The maximum atomic E-state index is 13.6. The summed E-state index contributed by atoms with van der Waals surface area (Å²) in [4.78, 5) is 39.9. The average molecular weight is 501 g/mol. The van der Waals surface area contributed by atoms with Gasteiger partial charge < -0.3 is 35.8 Å². The number of nitrogens with two attached hydrogens (primary N) is 1. The Kier molecular flexibility index (Phi) is 6.61. The van der Waals surface area contributed by atoms with Crippen LogP contribution < -0.4 is 10.5 Å². The first kappa shape index (κ1) is 25.7. The molecular formula is C26H32N2O8. The van der Waals surface area contributed by atoms with Gasteiger partial charge in [-0.3, -0.25) is 14.4 Å². The predicted octanol–water partition coefficient (Wildman–Crippen LogP) is 1.66. The number of aliphatic hydroxyl groups excluding tert-OH is 2. The minimum Gasteiger partial charge on any atom is -0.508 e. The van der Waals surface area contributed by atoms with Crippen molar-refractivity contribution in [2.24, 2.45) is 17.6 Å². The molecule has 3 aliphatic rings. The minimum absolute atomic E-state index is 0.0268. The fourth-order valence-corrected chi connectivity index (χ4v) is 5.90. The molecule has 1 aromatic carbocycles. The summed E-state index contributed by atoms with van der Waals surface area (Å²) < 4.78 is 5.70. The number of aromatic hydroxyl groups is 1. The zero-order valence-electron chi connectivity index (χ0n) is 20.6. The highest BCUT2D eigenvalue weighted by atomic mass is 16.5. The third-order valence-corrected chi connectivity index (χ3v) is 7.63. The van der Waals surface area contributed by atoms with Gasteiger partial charge in [-0.05, 0) is 44.8 Å². The van der Waals surface area contributed by atoms with Gasteiger partial charge in [0.2, 0.25) is 5.78 Å². The van der Waals surface area contributed by atoms with Crippen molar-refractivity contribution >= 4 is 23.2 Å². The zero-order chi connectivity index (χ0) is 26.5. The van der Waals surface area contributed by atoms with Crippen LogP contribution in [0.5, 0.6) is 11.5 Å². The average Bonchev–Trinajstić information content (AvgIpc) is 2.79. The van der Waals surface area contributed by atoms with E-state index in [1.54, 1.807) is 0 Å². The summed E-state index contributed by atoms with van der Waals surface area (Å²) in [6, 6.07) is 1.49. The van der Waals surface area contributed by atoms with Crippen LogP contribution in [0.15, 0.2) is 23.0 Å². The van der Waals surface area contributed by atoms with Crippen LogP contribution in [0.25, 0.3) is 5.76 Å². The highest BCUT2D eigenvalue weighted by Gasteiger charge is 2.60. The van der Waals surface area contributed by atoms with E-state index in [2.05, 4.69) is 11.8 Å². The van der Waals surface area contributed by atoms with Crippen LogP contribution in [-0.2, 0) is 27.3 Å². The third-order valence-electron chi connectivity index (χ3n) is 7.63. The summed E-state index contributed by atoms with van der Waals surface area (Å²) in [5.74, 6) is -5.98. The molecule has 0 bridgehead atoms. The van der Waals surface area contributed by atoms with Crippen molar-refractivity contribution in [2.45, 2.75) is 51.2 Å². The van der Waals surface area contributed by atoms with E-state index in [0.717, 1.165) is 24.9 Å². The molecule has 3 atom stereocenters. The van der Waals surface area contributed by atoms with Crippen molar-refractivity contribution in [3.63, 3.8) is 0 Å². The van der Waals surface area contributed by atoms with Gasteiger partial charge in [-0.2, -0.15) is 0 Å². The van der Waals surface area contributed by atoms with Gasteiger partial charge in [0.1, 0.15) is 28.6 Å². The second-order valence-corrected chi connectivity index (χ2v) is 9.94. The Morgan fingerprint density at radius 1 is 1.25 bits per heavy atom. The monoisotopic (exact) mass is 500 g/mol. The summed E-state index contributed by atoms with van der Waals surface area (Å²) in [5.41, 5.74) is 2.94. The van der Waals surface area contributed by atoms with E-state index < -0.39 is 52.0 Å². The molecule has 0 saturated heterocycles. The van der Waals surface area contributed by atoms with Gasteiger partial charge in [0.15, 0.2) is 11.4 Å². The number of carbonyl (C=O) groups excluding carboxylic acids is 3. The second kappa shape index (κ2) is 9.25. The number of Topliss-reactive ketones (excluding diaryl/α,β-unsaturated/α-hetero) is 2. The van der Waals surface area contributed by atoms with Crippen molar-refractivity contribution in [1.29, 1.82) is 0 Å². The van der Waals surface area contributed by atoms with E-state index >= 15 is 0 Å². The topological polar surface area (TPSA) is 171 Å². The summed E-state index contributed by atoms with van der Waals surface area (Å²) in [5, 5.41) is 44.0. The molecule has 10 nitrogen and oxygen atoms in total. The molecule has 0 heterocycles. The number of ether oxygens (including phenoxy) is 1. The highest BCUT2D eigenvalue weighted by Crippen LogP contribution is 2.53. The largest absolute Gasteiger partial charge is 0.508 e. The van der Waals surface area contributed by atoms with Crippen LogP contribution in [0.1, 0.15) is 49.3 Å². The maximum Gasteiger partial charge on any atom is 0.255 e. The van der Waals surface area contributed by atoms with Crippen molar-refractivity contribution < 1.29 is 39.5 Å². The molecule has 3 aliphatic carbocycles. The van der Waals surface area contributed by atoms with Gasteiger partial charge in [0.05, 0.1) is 12.7 Å². The Morgan fingerprint density at radius 3 is 2.56 bits per heavy atom. The number of amides is 1. The fourth-order valence-electron chi connectivity index (χ4n) is 5.90. The summed E-state index contributed by atoms with van der Waals surface area (Å²) in [6.45, 7) is 3.45. The molecule has 1 aromatic rings. The second-order valence-electron chi connectivity index (χ2n) is 9.94. The van der Waals surface area contributed by atoms with Crippen molar-refractivity contribution in [3.05, 3.63) is 39.7 Å². The lowest BCUT2D eigenvalue weighted by Gasteiger charge is -2.46. The van der Waals surface area contributed by atoms with Gasteiger partial charge >= 0.3 is 0 Å². The SMILES string of the molecule is CCCCN(C)Cc1cc(O)c2c(c1OC)CC1C[C@H]3CC(=O)C(C(N)=O)=C(O)[C@@]3(O)C(=O)C1=C2O. The number of hydrogen-bond acceptors (Lipinski definition) is 9. The number of benzene rings is 1. The van der Waals surface area contributed by atoms with Crippen LogP contribution in [0.2, 0.25) is 0 Å². The van der Waals surface area contributed by atoms with Crippen LogP contribution in [0, 0.1) is 11.8 Å². The summed E-state index contributed by atoms with van der Waals surface area (Å²) in [7, 11) is 3.46. The number of hydrogen-bond donors (Lipinski definition) is 5. The Morgan fingerprint density at radius 2 is 1.94 bits per heavy atom. The number of carbonyl (C=O) groups is 3. The molecule has 4 rings (SSSR count). The maximum absolute atomic E-state index is 13.6. The first-order valence-electron chi connectivity index (χ1n) is 12.0. The highest BCUT2D eigenvalue weighted by molar-refractivity contribution is 6.22. The number of fused-ring (bicyclic) bond motifs is 3. The van der Waals surface area contributed by atoms with Gasteiger partial charge in [-0.15, -0.1) is 0 Å². The molecule has 0 aromatic heterocycles. The van der Waals surface area contributed by atoms with Crippen molar-refractivity contribution in [2.75, 3.05) is 20.7 Å².